The summed E-state index contributed by atoms with van der Waals surface area (Å²) in [6.45, 7) is 2.15. The lowest BCUT2D eigenvalue weighted by molar-refractivity contribution is -0.128. The molecule has 118 valence electrons. The van der Waals surface area contributed by atoms with Crippen LogP contribution in [0.3, 0.4) is 0 Å². The summed E-state index contributed by atoms with van der Waals surface area (Å²) in [4.78, 5) is 13.4. The number of amides is 1. The number of benzene rings is 2. The van der Waals surface area contributed by atoms with Crippen LogP contribution in [0.2, 0.25) is 0 Å². The predicted molar refractivity (Wildman–Crippen MR) is 89.6 cm³/mol. The van der Waals surface area contributed by atoms with Crippen LogP contribution in [0, 0.1) is 11.8 Å². The van der Waals surface area contributed by atoms with Crippen LogP contribution in [0.25, 0.3) is 0 Å². The first-order valence-electron chi connectivity index (χ1n) is 7.04. The highest BCUT2D eigenvalue weighted by Crippen LogP contribution is 2.31. The van der Waals surface area contributed by atoms with Gasteiger partial charge < -0.3 is 4.74 Å². The van der Waals surface area contributed by atoms with Crippen LogP contribution in [-0.4, -0.2) is 17.7 Å². The lowest BCUT2D eigenvalue weighted by atomic mass is 10.1. The second-order valence-corrected chi connectivity index (χ2v) is 5.72. The Morgan fingerprint density at radius 1 is 1.22 bits per heavy atom. The molecule has 0 saturated heterocycles. The molecule has 0 atom stereocenters. The van der Waals surface area contributed by atoms with Crippen molar-refractivity contribution in [3.8, 4) is 17.6 Å². The van der Waals surface area contributed by atoms with E-state index < -0.39 is 5.91 Å². The fourth-order valence-corrected chi connectivity index (χ4v) is 2.83. The molecular weight excluding hydrogens is 310 g/mol. The van der Waals surface area contributed by atoms with E-state index in [0.29, 0.717) is 6.61 Å². The Labute approximate surface area is 139 Å². The average Bonchev–Trinajstić information content (AvgIpc) is 2.58. The molecule has 0 saturated carbocycles. The second kappa shape index (κ2) is 8.89. The number of nitrogens with one attached hydrogen (secondary N) is 1. The van der Waals surface area contributed by atoms with Gasteiger partial charge in [-0.2, -0.15) is 0 Å². The van der Waals surface area contributed by atoms with Gasteiger partial charge in [0.15, 0.2) is 0 Å². The first kappa shape index (κ1) is 16.9. The molecule has 0 heterocycles. The van der Waals surface area contributed by atoms with Crippen molar-refractivity contribution in [1.29, 1.82) is 0 Å². The SMILES string of the molecule is CC#CCOc1ccc(Sc2ccccc2CC(=O)NO)cc1. The van der Waals surface area contributed by atoms with Crippen molar-refractivity contribution in [2.45, 2.75) is 23.1 Å². The van der Waals surface area contributed by atoms with Crippen molar-refractivity contribution in [2.24, 2.45) is 0 Å². The Balaban J connectivity index is 2.06. The molecule has 0 aliphatic carbocycles. The lowest BCUT2D eigenvalue weighted by Crippen LogP contribution is -2.20. The largest absolute Gasteiger partial charge is 0.481 e. The monoisotopic (exact) mass is 327 g/mol. The molecule has 0 radical (unpaired) electrons. The smallest absolute Gasteiger partial charge is 0.247 e. The number of hydroxylamine groups is 1. The van der Waals surface area contributed by atoms with Gasteiger partial charge in [0.1, 0.15) is 12.4 Å². The molecule has 1 amide bonds. The van der Waals surface area contributed by atoms with Crippen molar-refractivity contribution < 1.29 is 14.7 Å². The normalized spacial score (nSPS) is 9.65. The summed E-state index contributed by atoms with van der Waals surface area (Å²) in [6, 6.07) is 15.3. The van der Waals surface area contributed by atoms with E-state index in [2.05, 4.69) is 11.8 Å². The maximum Gasteiger partial charge on any atom is 0.247 e. The third-order valence-electron chi connectivity index (χ3n) is 2.99. The minimum atomic E-state index is -0.432. The number of carbonyl (C=O) groups is 1. The maximum atomic E-state index is 11.4. The highest BCUT2D eigenvalue weighted by molar-refractivity contribution is 7.99. The molecule has 2 aromatic rings. The molecule has 2 rings (SSSR count). The fraction of sp³-hybridized carbons (Fsp3) is 0.167. The van der Waals surface area contributed by atoms with E-state index in [4.69, 9.17) is 9.94 Å². The number of carbonyl (C=O) groups excluding carboxylic acids is 1. The summed E-state index contributed by atoms with van der Waals surface area (Å²) in [5.41, 5.74) is 2.52. The Morgan fingerprint density at radius 3 is 2.65 bits per heavy atom. The van der Waals surface area contributed by atoms with Crippen LogP contribution in [0.4, 0.5) is 0 Å². The third-order valence-corrected chi connectivity index (χ3v) is 4.11. The summed E-state index contributed by atoms with van der Waals surface area (Å²) >= 11 is 1.56. The molecule has 0 aliphatic heterocycles. The zero-order valence-corrected chi connectivity index (χ0v) is 13.5. The summed E-state index contributed by atoms with van der Waals surface area (Å²) in [6.07, 6.45) is 0.135. The molecule has 0 spiro atoms. The van der Waals surface area contributed by atoms with Crippen molar-refractivity contribution in [3.63, 3.8) is 0 Å². The van der Waals surface area contributed by atoms with Crippen LogP contribution in [0.15, 0.2) is 58.3 Å². The van der Waals surface area contributed by atoms with Gasteiger partial charge in [-0.3, -0.25) is 10.0 Å². The van der Waals surface area contributed by atoms with Crippen molar-refractivity contribution >= 4 is 17.7 Å². The number of ether oxygens (including phenoxy) is 1. The van der Waals surface area contributed by atoms with Gasteiger partial charge in [-0.05, 0) is 42.8 Å². The second-order valence-electron chi connectivity index (χ2n) is 4.61. The van der Waals surface area contributed by atoms with Gasteiger partial charge in [0.05, 0.1) is 6.42 Å². The van der Waals surface area contributed by atoms with E-state index >= 15 is 0 Å². The van der Waals surface area contributed by atoms with Gasteiger partial charge >= 0.3 is 0 Å². The Bertz CT molecular complexity index is 717. The first-order valence-corrected chi connectivity index (χ1v) is 7.85. The molecule has 2 N–H and O–H groups in total. The highest BCUT2D eigenvalue weighted by Gasteiger charge is 2.08. The number of hydrogen-bond acceptors (Lipinski definition) is 4. The van der Waals surface area contributed by atoms with Crippen LogP contribution < -0.4 is 10.2 Å². The lowest BCUT2D eigenvalue weighted by Gasteiger charge is -2.09. The molecule has 0 aliphatic rings. The minimum absolute atomic E-state index is 0.135. The quantitative estimate of drug-likeness (QED) is 0.486. The van der Waals surface area contributed by atoms with E-state index in [1.54, 1.807) is 24.2 Å². The first-order chi connectivity index (χ1) is 11.2. The molecule has 5 heteroatoms. The van der Waals surface area contributed by atoms with Crippen LogP contribution in [0.1, 0.15) is 12.5 Å². The van der Waals surface area contributed by atoms with Crippen molar-refractivity contribution in [1.82, 2.24) is 5.48 Å². The Hall–Kier alpha value is -2.42. The van der Waals surface area contributed by atoms with Gasteiger partial charge in [-0.1, -0.05) is 35.9 Å². The molecule has 0 unspecified atom stereocenters. The van der Waals surface area contributed by atoms with E-state index in [9.17, 15) is 4.79 Å². The zero-order chi connectivity index (χ0) is 16.5. The van der Waals surface area contributed by atoms with Gasteiger partial charge in [-0.25, -0.2) is 5.48 Å². The summed E-state index contributed by atoms with van der Waals surface area (Å²) in [7, 11) is 0. The van der Waals surface area contributed by atoms with Gasteiger partial charge in [0, 0.05) is 9.79 Å². The van der Waals surface area contributed by atoms with E-state index in [0.717, 1.165) is 21.1 Å². The van der Waals surface area contributed by atoms with Crippen LogP contribution in [-0.2, 0) is 11.2 Å². The van der Waals surface area contributed by atoms with E-state index in [-0.39, 0.29) is 6.42 Å². The topological polar surface area (TPSA) is 58.6 Å². The van der Waals surface area contributed by atoms with Gasteiger partial charge in [0.2, 0.25) is 5.91 Å². The molecule has 23 heavy (non-hydrogen) atoms. The summed E-state index contributed by atoms with van der Waals surface area (Å²) in [5.74, 6) is 5.96. The predicted octanol–water partition coefficient (Wildman–Crippen LogP) is 3.29. The Kier molecular flexibility index (Phi) is 6.55. The highest BCUT2D eigenvalue weighted by atomic mass is 32.2. The Morgan fingerprint density at radius 2 is 1.96 bits per heavy atom. The van der Waals surface area contributed by atoms with E-state index in [1.807, 2.05) is 48.5 Å². The molecule has 0 aromatic heterocycles. The number of hydrogen-bond donors (Lipinski definition) is 2. The fourth-order valence-electron chi connectivity index (χ4n) is 1.88. The molecule has 0 fully saturated rings. The molecule has 4 nitrogen and oxygen atoms in total. The van der Waals surface area contributed by atoms with Crippen molar-refractivity contribution in [2.75, 3.05) is 6.61 Å². The zero-order valence-electron chi connectivity index (χ0n) is 12.7. The molecular formula is C18H17NO3S. The molecule has 2 aromatic carbocycles. The van der Waals surface area contributed by atoms with Gasteiger partial charge in [0.25, 0.3) is 0 Å². The van der Waals surface area contributed by atoms with Crippen LogP contribution in [0.5, 0.6) is 5.75 Å². The average molecular weight is 327 g/mol. The minimum Gasteiger partial charge on any atom is -0.481 e. The standard InChI is InChI=1S/C18H17NO3S/c1-2-3-12-22-15-8-10-16(11-9-15)23-17-7-5-4-6-14(17)13-18(20)19-21/h4-11,21H,12-13H2,1H3,(H,19,20). The maximum absolute atomic E-state index is 11.4. The summed E-state index contributed by atoms with van der Waals surface area (Å²) < 4.78 is 5.48. The van der Waals surface area contributed by atoms with Crippen molar-refractivity contribution in [3.05, 3.63) is 54.1 Å². The van der Waals surface area contributed by atoms with E-state index in [1.165, 1.54) is 0 Å². The third kappa shape index (κ3) is 5.37. The van der Waals surface area contributed by atoms with Crippen LogP contribution >= 0.6 is 11.8 Å². The van der Waals surface area contributed by atoms with Gasteiger partial charge in [-0.15, -0.1) is 5.92 Å². The number of rotatable bonds is 6. The molecule has 0 bridgehead atoms. The summed E-state index contributed by atoms with van der Waals surface area (Å²) in [5, 5.41) is 8.67.